The largest absolute Gasteiger partial charge is 0.545 e. The van der Waals surface area contributed by atoms with Crippen molar-refractivity contribution in [3.63, 3.8) is 0 Å². The summed E-state index contributed by atoms with van der Waals surface area (Å²) in [5.74, 6) is -1.37. The quantitative estimate of drug-likeness (QED) is 0.614. The summed E-state index contributed by atoms with van der Waals surface area (Å²) in [5.41, 5.74) is -0.661. The molecule has 11 heavy (non-hydrogen) atoms. The van der Waals surface area contributed by atoms with Gasteiger partial charge in [0, 0.05) is 11.8 Å². The molecule has 0 aliphatic rings. The Morgan fingerprint density at radius 1 is 1.64 bits per heavy atom. The van der Waals surface area contributed by atoms with Crippen molar-refractivity contribution in [3.05, 3.63) is 33.2 Å². The summed E-state index contributed by atoms with van der Waals surface area (Å²) in [7, 11) is 0. The Bertz CT molecular complexity index is 344. The average Bonchev–Trinajstić information content (AvgIpc) is 1.94. The molecule has 1 heterocycles. The van der Waals surface area contributed by atoms with Crippen LogP contribution < -0.4 is 10.7 Å². The lowest BCUT2D eigenvalue weighted by atomic mass is 10.3. The maximum absolute atomic E-state index is 10.6. The Morgan fingerprint density at radius 3 is 2.73 bits per heavy atom. The predicted molar refractivity (Wildman–Crippen MR) is 36.4 cm³/mol. The van der Waals surface area contributed by atoms with Gasteiger partial charge in [0.2, 0.25) is 0 Å². The summed E-state index contributed by atoms with van der Waals surface area (Å²) >= 11 is 5.32. The fourth-order valence-electron chi connectivity index (χ4n) is 0.574. The van der Waals surface area contributed by atoms with Crippen molar-refractivity contribution in [1.29, 1.82) is 0 Å². The topological polar surface area (TPSA) is 73.0 Å². The lowest BCUT2D eigenvalue weighted by molar-refractivity contribution is -0.255. The number of carboxylic acid groups (broad SMARTS) is 1. The molecule has 0 saturated carbocycles. The fourth-order valence-corrected chi connectivity index (χ4v) is 0.746. The van der Waals surface area contributed by atoms with E-state index < -0.39 is 11.5 Å². The smallest absolute Gasteiger partial charge is 0.266 e. The van der Waals surface area contributed by atoms with Crippen LogP contribution >= 0.6 is 11.6 Å². The zero-order valence-corrected chi connectivity index (χ0v) is 6.01. The number of carbonyl (C=O) groups excluding carboxylic acids is 1. The maximum Gasteiger partial charge on any atom is 0.266 e. The second kappa shape index (κ2) is 2.75. The summed E-state index contributed by atoms with van der Waals surface area (Å²) < 4.78 is 0. The lowest BCUT2D eigenvalue weighted by Crippen LogP contribution is -2.23. The summed E-state index contributed by atoms with van der Waals surface area (Å²) in [4.78, 5) is 22.9. The lowest BCUT2D eigenvalue weighted by Gasteiger charge is -1.99. The predicted octanol–water partition coefficient (Wildman–Crippen LogP) is -0.608. The highest BCUT2D eigenvalue weighted by molar-refractivity contribution is 6.30. The van der Waals surface area contributed by atoms with E-state index in [0.29, 0.717) is 0 Å². The minimum atomic E-state index is -1.37. The van der Waals surface area contributed by atoms with Gasteiger partial charge in [-0.25, -0.2) is 0 Å². The van der Waals surface area contributed by atoms with E-state index in [1.807, 2.05) is 0 Å². The van der Waals surface area contributed by atoms with Crippen LogP contribution in [0.2, 0.25) is 5.02 Å². The molecular weight excluding hydrogens is 170 g/mol. The van der Waals surface area contributed by atoms with Gasteiger partial charge in [0.15, 0.2) is 0 Å². The van der Waals surface area contributed by atoms with Crippen LogP contribution in [0, 0.1) is 0 Å². The van der Waals surface area contributed by atoms with Gasteiger partial charge < -0.3 is 14.9 Å². The van der Waals surface area contributed by atoms with E-state index in [4.69, 9.17) is 11.6 Å². The summed E-state index contributed by atoms with van der Waals surface area (Å²) in [6.45, 7) is 0. The minimum absolute atomic E-state index is 0.144. The molecule has 0 fully saturated rings. The first-order valence-electron chi connectivity index (χ1n) is 2.71. The van der Waals surface area contributed by atoms with Crippen LogP contribution in [0.3, 0.4) is 0 Å². The van der Waals surface area contributed by atoms with E-state index in [1.165, 1.54) is 0 Å². The minimum Gasteiger partial charge on any atom is -0.545 e. The number of halogens is 1. The SMILES string of the molecule is O=C([O-])c1c[nH]c(=O)c(Cl)c1. The number of carboxylic acids is 1. The third-order valence-electron chi connectivity index (χ3n) is 1.09. The number of nitrogens with one attached hydrogen (secondary N) is 1. The standard InChI is InChI=1S/C6H4ClNO3/c7-4-1-3(6(10)11)2-8-5(4)9/h1-2H,(H,8,9)(H,10,11)/p-1. The molecule has 0 amide bonds. The van der Waals surface area contributed by atoms with Crippen LogP contribution in [0.15, 0.2) is 17.1 Å². The summed E-state index contributed by atoms with van der Waals surface area (Å²) in [6, 6.07) is 1.04. The van der Waals surface area contributed by atoms with Gasteiger partial charge >= 0.3 is 0 Å². The maximum atomic E-state index is 10.6. The average molecular weight is 173 g/mol. The molecule has 0 saturated heterocycles. The third kappa shape index (κ3) is 1.59. The molecule has 1 N–H and O–H groups in total. The second-order valence-electron chi connectivity index (χ2n) is 1.85. The molecule has 0 bridgehead atoms. The molecule has 4 nitrogen and oxygen atoms in total. The molecule has 0 aromatic carbocycles. The molecule has 1 aromatic rings. The van der Waals surface area contributed by atoms with Crippen molar-refractivity contribution in [3.8, 4) is 0 Å². The normalized spacial score (nSPS) is 9.55. The molecule has 1 aromatic heterocycles. The fraction of sp³-hybridized carbons (Fsp3) is 0. The van der Waals surface area contributed by atoms with Crippen molar-refractivity contribution < 1.29 is 9.90 Å². The molecule has 0 atom stereocenters. The van der Waals surface area contributed by atoms with Crippen molar-refractivity contribution in [2.75, 3.05) is 0 Å². The molecule has 58 valence electrons. The first kappa shape index (κ1) is 7.81. The number of carbonyl (C=O) groups is 1. The number of hydrogen-bond acceptors (Lipinski definition) is 3. The van der Waals surface area contributed by atoms with Crippen molar-refractivity contribution in [1.82, 2.24) is 4.98 Å². The van der Waals surface area contributed by atoms with Crippen LogP contribution in [0.5, 0.6) is 0 Å². The molecule has 0 unspecified atom stereocenters. The van der Waals surface area contributed by atoms with E-state index in [0.717, 1.165) is 12.3 Å². The van der Waals surface area contributed by atoms with Gasteiger partial charge in [-0.3, -0.25) is 4.79 Å². The van der Waals surface area contributed by atoms with Crippen LogP contribution in [0.1, 0.15) is 10.4 Å². The molecule has 0 radical (unpaired) electrons. The Balaban J connectivity index is 3.26. The van der Waals surface area contributed by atoms with E-state index in [2.05, 4.69) is 4.98 Å². The Hall–Kier alpha value is -1.29. The van der Waals surface area contributed by atoms with Gasteiger partial charge in [-0.05, 0) is 6.07 Å². The van der Waals surface area contributed by atoms with Gasteiger partial charge in [0.25, 0.3) is 5.56 Å². The number of hydrogen-bond donors (Lipinski definition) is 1. The highest BCUT2D eigenvalue weighted by Gasteiger charge is 1.97. The van der Waals surface area contributed by atoms with Gasteiger partial charge in [-0.1, -0.05) is 11.6 Å². The monoisotopic (exact) mass is 172 g/mol. The zero-order valence-electron chi connectivity index (χ0n) is 5.26. The van der Waals surface area contributed by atoms with Gasteiger partial charge in [-0.2, -0.15) is 0 Å². The molecular formula is C6H3ClNO3-. The third-order valence-corrected chi connectivity index (χ3v) is 1.37. The number of aromatic amines is 1. The van der Waals surface area contributed by atoms with E-state index in [-0.39, 0.29) is 10.6 Å². The van der Waals surface area contributed by atoms with Crippen molar-refractivity contribution >= 4 is 17.6 Å². The van der Waals surface area contributed by atoms with E-state index in [1.54, 1.807) is 0 Å². The van der Waals surface area contributed by atoms with Gasteiger partial charge in [0.05, 0.1) is 5.97 Å². The molecule has 1 rings (SSSR count). The summed E-state index contributed by atoms with van der Waals surface area (Å²) in [6.07, 6.45) is 1.03. The van der Waals surface area contributed by atoms with Gasteiger partial charge in [0.1, 0.15) is 5.02 Å². The molecule has 0 aliphatic heterocycles. The van der Waals surface area contributed by atoms with E-state index >= 15 is 0 Å². The van der Waals surface area contributed by atoms with Crippen LogP contribution in [0.4, 0.5) is 0 Å². The van der Waals surface area contributed by atoms with Crippen LogP contribution in [0.25, 0.3) is 0 Å². The Morgan fingerprint density at radius 2 is 2.27 bits per heavy atom. The first-order valence-corrected chi connectivity index (χ1v) is 3.08. The zero-order chi connectivity index (χ0) is 8.43. The molecule has 5 heteroatoms. The number of aromatic nitrogens is 1. The van der Waals surface area contributed by atoms with Gasteiger partial charge in [-0.15, -0.1) is 0 Å². The number of H-pyrrole nitrogens is 1. The van der Waals surface area contributed by atoms with Crippen LogP contribution in [-0.2, 0) is 0 Å². The number of rotatable bonds is 1. The highest BCUT2D eigenvalue weighted by atomic mass is 35.5. The number of pyridine rings is 1. The molecule has 0 aliphatic carbocycles. The van der Waals surface area contributed by atoms with Crippen molar-refractivity contribution in [2.24, 2.45) is 0 Å². The van der Waals surface area contributed by atoms with E-state index in [9.17, 15) is 14.7 Å². The summed E-state index contributed by atoms with van der Waals surface area (Å²) in [5, 5.41) is 10.0. The highest BCUT2D eigenvalue weighted by Crippen LogP contribution is 2.01. The Labute approximate surface area is 66.4 Å². The first-order chi connectivity index (χ1) is 5.11. The van der Waals surface area contributed by atoms with Crippen molar-refractivity contribution in [2.45, 2.75) is 0 Å². The Kier molecular flexibility index (Phi) is 1.96. The second-order valence-corrected chi connectivity index (χ2v) is 2.26. The van der Waals surface area contributed by atoms with Crippen LogP contribution in [-0.4, -0.2) is 11.0 Å². The molecule has 0 spiro atoms. The number of aromatic carboxylic acids is 1.